The molecule has 1 aliphatic heterocycles. The van der Waals surface area contributed by atoms with Crippen molar-refractivity contribution < 1.29 is 18.8 Å². The molecule has 1 unspecified atom stereocenters. The van der Waals surface area contributed by atoms with E-state index in [0.29, 0.717) is 11.3 Å². The summed E-state index contributed by atoms with van der Waals surface area (Å²) >= 11 is 0. The van der Waals surface area contributed by atoms with Gasteiger partial charge in [0.2, 0.25) is 5.91 Å². The van der Waals surface area contributed by atoms with Crippen LogP contribution in [0.4, 0.5) is 10.1 Å². The van der Waals surface area contributed by atoms with Crippen LogP contribution in [0.25, 0.3) is 0 Å². The lowest BCUT2D eigenvalue weighted by atomic mass is 10.1. The molecular formula is C23H23FN2O3. The Morgan fingerprint density at radius 3 is 2.24 bits per heavy atom. The van der Waals surface area contributed by atoms with Crippen molar-refractivity contribution in [2.45, 2.75) is 51.1 Å². The van der Waals surface area contributed by atoms with E-state index < -0.39 is 11.9 Å². The quantitative estimate of drug-likeness (QED) is 0.740. The fraction of sp³-hybridized carbons (Fsp3) is 0.348. The summed E-state index contributed by atoms with van der Waals surface area (Å²) in [7, 11) is 0. The lowest BCUT2D eigenvalue weighted by molar-refractivity contribution is -0.123. The fourth-order valence-electron chi connectivity index (χ4n) is 4.28. The van der Waals surface area contributed by atoms with Gasteiger partial charge < -0.3 is 4.90 Å². The molecule has 0 spiro atoms. The van der Waals surface area contributed by atoms with Gasteiger partial charge in [-0.15, -0.1) is 0 Å². The average Bonchev–Trinajstić information content (AvgIpc) is 3.33. The van der Waals surface area contributed by atoms with Gasteiger partial charge in [0.15, 0.2) is 0 Å². The first-order valence-corrected chi connectivity index (χ1v) is 9.97. The summed E-state index contributed by atoms with van der Waals surface area (Å²) in [5.41, 5.74) is 1.88. The third-order valence-electron chi connectivity index (χ3n) is 5.79. The van der Waals surface area contributed by atoms with Gasteiger partial charge in [-0.05, 0) is 56.2 Å². The van der Waals surface area contributed by atoms with Gasteiger partial charge in [0, 0.05) is 11.6 Å². The van der Waals surface area contributed by atoms with Crippen molar-refractivity contribution in [2.24, 2.45) is 0 Å². The number of amides is 3. The van der Waals surface area contributed by atoms with E-state index in [0.717, 1.165) is 31.2 Å². The van der Waals surface area contributed by atoms with E-state index in [-0.39, 0.29) is 30.2 Å². The molecule has 1 saturated carbocycles. The van der Waals surface area contributed by atoms with E-state index in [1.165, 1.54) is 29.2 Å². The number of halogens is 1. The van der Waals surface area contributed by atoms with Crippen LogP contribution < -0.4 is 4.90 Å². The zero-order chi connectivity index (χ0) is 20.5. The minimum absolute atomic E-state index is 0.0316. The molecule has 4 rings (SSSR count). The second-order valence-corrected chi connectivity index (χ2v) is 7.78. The highest BCUT2D eigenvalue weighted by molar-refractivity contribution is 6.23. The van der Waals surface area contributed by atoms with Gasteiger partial charge in [0.05, 0.1) is 12.1 Å². The number of aryl methyl sites for hydroxylation is 1. The lowest BCUT2D eigenvalue weighted by Gasteiger charge is -2.33. The summed E-state index contributed by atoms with van der Waals surface area (Å²) < 4.78 is 13.3. The molecule has 150 valence electrons. The summed E-state index contributed by atoms with van der Waals surface area (Å²) in [6.45, 7) is 1.93. The Kier molecular flexibility index (Phi) is 5.18. The molecule has 0 bridgehead atoms. The fourth-order valence-corrected chi connectivity index (χ4v) is 4.28. The molecule has 5 nitrogen and oxygen atoms in total. The van der Waals surface area contributed by atoms with Gasteiger partial charge in [-0.25, -0.2) is 9.29 Å². The summed E-state index contributed by atoms with van der Waals surface area (Å²) in [4.78, 5) is 42.0. The van der Waals surface area contributed by atoms with Crippen LogP contribution in [0.5, 0.6) is 0 Å². The Morgan fingerprint density at radius 2 is 1.62 bits per heavy atom. The molecule has 1 aliphatic carbocycles. The molecule has 0 N–H and O–H groups in total. The molecule has 6 heteroatoms. The first-order valence-electron chi connectivity index (χ1n) is 9.97. The molecule has 2 fully saturated rings. The molecule has 1 heterocycles. The maximum absolute atomic E-state index is 13.3. The minimum atomic E-state index is -0.829. The Hall–Kier alpha value is -3.02. The topological polar surface area (TPSA) is 57.7 Å². The maximum Gasteiger partial charge on any atom is 0.257 e. The normalized spacial score (nSPS) is 19.8. The number of anilines is 1. The smallest absolute Gasteiger partial charge is 0.257 e. The van der Waals surface area contributed by atoms with Gasteiger partial charge >= 0.3 is 0 Å². The zero-order valence-corrected chi connectivity index (χ0v) is 16.3. The van der Waals surface area contributed by atoms with Crippen LogP contribution in [-0.2, 0) is 9.59 Å². The lowest BCUT2D eigenvalue weighted by Crippen LogP contribution is -2.50. The van der Waals surface area contributed by atoms with Gasteiger partial charge in [-0.1, -0.05) is 30.5 Å². The summed E-state index contributed by atoms with van der Waals surface area (Å²) in [5, 5.41) is 0. The van der Waals surface area contributed by atoms with Crippen molar-refractivity contribution in [3.63, 3.8) is 0 Å². The van der Waals surface area contributed by atoms with E-state index in [1.54, 1.807) is 17.0 Å². The average molecular weight is 394 g/mol. The molecule has 0 radical (unpaired) electrons. The molecule has 1 saturated heterocycles. The minimum Gasteiger partial charge on any atom is -0.323 e. The van der Waals surface area contributed by atoms with Gasteiger partial charge in [-0.2, -0.15) is 0 Å². The summed E-state index contributed by atoms with van der Waals surface area (Å²) in [6.07, 6.45) is 3.53. The van der Waals surface area contributed by atoms with E-state index in [9.17, 15) is 18.8 Å². The zero-order valence-electron chi connectivity index (χ0n) is 16.3. The van der Waals surface area contributed by atoms with Crippen LogP contribution in [0, 0.1) is 12.7 Å². The van der Waals surface area contributed by atoms with Crippen LogP contribution >= 0.6 is 0 Å². The Balaban J connectivity index is 1.66. The van der Waals surface area contributed by atoms with Crippen LogP contribution in [0.1, 0.15) is 48.0 Å². The third-order valence-corrected chi connectivity index (χ3v) is 5.79. The molecule has 1 atom stereocenters. The second-order valence-electron chi connectivity index (χ2n) is 7.78. The predicted molar refractivity (Wildman–Crippen MR) is 107 cm³/mol. The highest BCUT2D eigenvalue weighted by Gasteiger charge is 2.47. The predicted octanol–water partition coefficient (Wildman–Crippen LogP) is 3.85. The number of hydrogen-bond donors (Lipinski definition) is 0. The number of imide groups is 1. The van der Waals surface area contributed by atoms with Crippen LogP contribution in [0.15, 0.2) is 48.5 Å². The third kappa shape index (κ3) is 3.67. The maximum atomic E-state index is 13.3. The summed E-state index contributed by atoms with van der Waals surface area (Å²) in [5.74, 6) is -1.43. The molecule has 29 heavy (non-hydrogen) atoms. The van der Waals surface area contributed by atoms with Crippen LogP contribution in [0.2, 0.25) is 0 Å². The first kappa shape index (κ1) is 19.3. The van der Waals surface area contributed by atoms with Gasteiger partial charge in [-0.3, -0.25) is 14.4 Å². The highest BCUT2D eigenvalue weighted by Crippen LogP contribution is 2.32. The van der Waals surface area contributed by atoms with Gasteiger partial charge in [0.1, 0.15) is 11.9 Å². The van der Waals surface area contributed by atoms with Gasteiger partial charge in [0.25, 0.3) is 11.8 Å². The molecule has 0 aromatic heterocycles. The molecule has 2 aliphatic rings. The van der Waals surface area contributed by atoms with Crippen molar-refractivity contribution in [1.29, 1.82) is 0 Å². The number of carbonyl (C=O) groups is 3. The first-order chi connectivity index (χ1) is 14.0. The SMILES string of the molecule is Cc1ccc(N2C(=O)CC(N(C(=O)c3ccc(F)cc3)C3CCCC3)C2=O)cc1. The number of carbonyl (C=O) groups excluding carboxylic acids is 3. The monoisotopic (exact) mass is 394 g/mol. The van der Waals surface area contributed by atoms with E-state index in [2.05, 4.69) is 0 Å². The summed E-state index contributed by atoms with van der Waals surface area (Å²) in [6, 6.07) is 11.6. The van der Waals surface area contributed by atoms with Crippen LogP contribution in [-0.4, -0.2) is 34.7 Å². The van der Waals surface area contributed by atoms with Crippen LogP contribution in [0.3, 0.4) is 0 Å². The van der Waals surface area contributed by atoms with Crippen molar-refractivity contribution in [1.82, 2.24) is 4.90 Å². The van der Waals surface area contributed by atoms with Crippen molar-refractivity contribution in [3.8, 4) is 0 Å². The molecule has 3 amide bonds. The van der Waals surface area contributed by atoms with E-state index in [4.69, 9.17) is 0 Å². The standard InChI is InChI=1S/C23H23FN2O3/c1-15-6-12-19(13-7-15)26-21(27)14-20(23(26)29)25(18-4-2-3-5-18)22(28)16-8-10-17(24)11-9-16/h6-13,18,20H,2-5,14H2,1H3. The Morgan fingerprint density at radius 1 is 1.00 bits per heavy atom. The van der Waals surface area contributed by atoms with Crippen molar-refractivity contribution in [2.75, 3.05) is 4.90 Å². The number of hydrogen-bond acceptors (Lipinski definition) is 3. The second kappa shape index (κ2) is 7.78. The molecule has 2 aromatic carbocycles. The Labute approximate surface area is 169 Å². The Bertz CT molecular complexity index is 934. The van der Waals surface area contributed by atoms with Crippen molar-refractivity contribution >= 4 is 23.4 Å². The highest BCUT2D eigenvalue weighted by atomic mass is 19.1. The number of benzene rings is 2. The molecular weight excluding hydrogens is 371 g/mol. The van der Waals surface area contributed by atoms with E-state index >= 15 is 0 Å². The largest absolute Gasteiger partial charge is 0.323 e. The van der Waals surface area contributed by atoms with Crippen molar-refractivity contribution in [3.05, 3.63) is 65.5 Å². The number of nitrogens with zero attached hydrogens (tertiary/aromatic N) is 2. The number of rotatable bonds is 4. The molecule has 2 aromatic rings. The van der Waals surface area contributed by atoms with E-state index in [1.807, 2.05) is 19.1 Å².